The van der Waals surface area contributed by atoms with E-state index in [0.717, 1.165) is 12.5 Å². The van der Waals surface area contributed by atoms with Crippen molar-refractivity contribution in [1.82, 2.24) is 19.7 Å². The van der Waals surface area contributed by atoms with E-state index in [2.05, 4.69) is 20.4 Å². The molecule has 128 valence electrons. The average Bonchev–Trinajstić information content (AvgIpc) is 3.22. The molecule has 0 aliphatic carbocycles. The number of aryl methyl sites for hydroxylation is 1. The van der Waals surface area contributed by atoms with Gasteiger partial charge in [-0.3, -0.25) is 19.3 Å². The summed E-state index contributed by atoms with van der Waals surface area (Å²) in [5.74, 6) is -2.12. The monoisotopic (exact) mass is 344 g/mol. The van der Waals surface area contributed by atoms with Crippen LogP contribution in [0.3, 0.4) is 0 Å². The lowest BCUT2D eigenvalue weighted by atomic mass is 10.2. The Labute approximate surface area is 140 Å². The average molecular weight is 344 g/mol. The Balaban J connectivity index is 1.85. The number of halogens is 1. The number of rotatable bonds is 5. The van der Waals surface area contributed by atoms with Crippen LogP contribution >= 0.6 is 0 Å². The van der Waals surface area contributed by atoms with Crippen molar-refractivity contribution >= 4 is 17.5 Å². The van der Waals surface area contributed by atoms with Crippen molar-refractivity contribution in [1.29, 1.82) is 0 Å². The van der Waals surface area contributed by atoms with Gasteiger partial charge >= 0.3 is 0 Å². The van der Waals surface area contributed by atoms with E-state index in [1.807, 2.05) is 6.92 Å². The molecule has 0 radical (unpaired) electrons. The SMILES string of the molecule is CCn1cc(NC(=O)c2coc(-c3ccncc3F)n2)c(C(N)=O)n1. The summed E-state index contributed by atoms with van der Waals surface area (Å²) >= 11 is 0. The molecule has 3 N–H and O–H groups in total. The summed E-state index contributed by atoms with van der Waals surface area (Å²) in [6.45, 7) is 2.31. The normalized spacial score (nSPS) is 10.6. The van der Waals surface area contributed by atoms with Crippen LogP contribution in [0.5, 0.6) is 0 Å². The van der Waals surface area contributed by atoms with E-state index in [9.17, 15) is 14.0 Å². The van der Waals surface area contributed by atoms with E-state index in [0.29, 0.717) is 6.54 Å². The number of nitrogens with zero attached hydrogens (tertiary/aromatic N) is 4. The predicted octanol–water partition coefficient (Wildman–Crippen LogP) is 1.44. The quantitative estimate of drug-likeness (QED) is 0.720. The first-order valence-electron chi connectivity index (χ1n) is 7.23. The van der Waals surface area contributed by atoms with Gasteiger partial charge in [0.2, 0.25) is 5.89 Å². The zero-order chi connectivity index (χ0) is 18.0. The van der Waals surface area contributed by atoms with E-state index in [1.165, 1.54) is 23.1 Å². The van der Waals surface area contributed by atoms with E-state index in [-0.39, 0.29) is 28.5 Å². The van der Waals surface area contributed by atoms with Gasteiger partial charge < -0.3 is 15.5 Å². The minimum atomic E-state index is -0.776. The number of aromatic nitrogens is 4. The first-order chi connectivity index (χ1) is 12.0. The number of amides is 2. The Morgan fingerprint density at radius 3 is 2.92 bits per heavy atom. The molecule has 2 amide bonds. The van der Waals surface area contributed by atoms with Crippen LogP contribution in [0.2, 0.25) is 0 Å². The van der Waals surface area contributed by atoms with Gasteiger partial charge in [-0.05, 0) is 13.0 Å². The standard InChI is InChI=1S/C15H13FN6O3/c1-2-22-6-10(12(21-22)13(17)23)19-14(24)11-7-25-15(20-11)8-3-4-18-5-9(8)16/h3-7H,2H2,1H3,(H2,17,23)(H,19,24). The maximum absolute atomic E-state index is 13.7. The Kier molecular flexibility index (Phi) is 4.25. The lowest BCUT2D eigenvalue weighted by Crippen LogP contribution is -2.18. The van der Waals surface area contributed by atoms with E-state index in [4.69, 9.17) is 10.2 Å². The summed E-state index contributed by atoms with van der Waals surface area (Å²) in [4.78, 5) is 31.3. The summed E-state index contributed by atoms with van der Waals surface area (Å²) in [6.07, 6.45) is 4.94. The molecule has 3 aromatic heterocycles. The smallest absolute Gasteiger partial charge is 0.277 e. The molecule has 25 heavy (non-hydrogen) atoms. The highest BCUT2D eigenvalue weighted by molar-refractivity contribution is 6.07. The van der Waals surface area contributed by atoms with Gasteiger partial charge in [0.05, 0.1) is 17.4 Å². The molecule has 10 heteroatoms. The van der Waals surface area contributed by atoms with Crippen LogP contribution in [0.15, 0.2) is 35.3 Å². The van der Waals surface area contributed by atoms with Crippen LogP contribution in [0.4, 0.5) is 10.1 Å². The highest BCUT2D eigenvalue weighted by atomic mass is 19.1. The molecule has 3 rings (SSSR count). The van der Waals surface area contributed by atoms with Crippen molar-refractivity contribution < 1.29 is 18.4 Å². The molecular formula is C15H13FN6O3. The molecule has 0 bridgehead atoms. The van der Waals surface area contributed by atoms with Crippen molar-refractivity contribution in [2.75, 3.05) is 5.32 Å². The molecule has 0 aromatic carbocycles. The molecule has 0 fully saturated rings. The minimum absolute atomic E-state index is 0.0653. The second-order valence-electron chi connectivity index (χ2n) is 4.96. The molecule has 0 aliphatic heterocycles. The topological polar surface area (TPSA) is 129 Å². The van der Waals surface area contributed by atoms with E-state index < -0.39 is 17.6 Å². The Hall–Kier alpha value is -3.56. The number of anilines is 1. The van der Waals surface area contributed by atoms with Gasteiger partial charge in [0.15, 0.2) is 17.2 Å². The van der Waals surface area contributed by atoms with Crippen molar-refractivity contribution in [3.05, 3.63) is 48.1 Å². The van der Waals surface area contributed by atoms with E-state index >= 15 is 0 Å². The summed E-state index contributed by atoms with van der Waals surface area (Å²) in [6, 6.07) is 1.37. The van der Waals surface area contributed by atoms with Gasteiger partial charge in [0.1, 0.15) is 6.26 Å². The number of oxazole rings is 1. The second-order valence-corrected chi connectivity index (χ2v) is 4.96. The van der Waals surface area contributed by atoms with Gasteiger partial charge in [-0.1, -0.05) is 0 Å². The Bertz CT molecular complexity index is 948. The third-order valence-corrected chi connectivity index (χ3v) is 3.31. The van der Waals surface area contributed by atoms with Gasteiger partial charge in [0.25, 0.3) is 11.8 Å². The lowest BCUT2D eigenvalue weighted by molar-refractivity contribution is 0.0995. The van der Waals surface area contributed by atoms with Crippen molar-refractivity contribution in [2.24, 2.45) is 5.73 Å². The first-order valence-corrected chi connectivity index (χ1v) is 7.23. The Morgan fingerprint density at radius 2 is 2.24 bits per heavy atom. The summed E-state index contributed by atoms with van der Waals surface area (Å²) in [7, 11) is 0. The lowest BCUT2D eigenvalue weighted by Gasteiger charge is -2.00. The van der Waals surface area contributed by atoms with Crippen molar-refractivity contribution in [2.45, 2.75) is 13.5 Å². The second kappa shape index (κ2) is 6.51. The van der Waals surface area contributed by atoms with Crippen LogP contribution in [0.1, 0.15) is 27.9 Å². The third kappa shape index (κ3) is 3.22. The molecule has 0 saturated carbocycles. The molecule has 9 nitrogen and oxygen atoms in total. The van der Waals surface area contributed by atoms with Gasteiger partial charge in [0, 0.05) is 18.9 Å². The molecule has 0 aliphatic rings. The zero-order valence-electron chi connectivity index (χ0n) is 13.1. The fourth-order valence-corrected chi connectivity index (χ4v) is 2.09. The number of primary amides is 1. The summed E-state index contributed by atoms with van der Waals surface area (Å²) in [5.41, 5.74) is 5.31. The zero-order valence-corrected chi connectivity index (χ0v) is 13.1. The predicted molar refractivity (Wildman–Crippen MR) is 84.1 cm³/mol. The number of hydrogen-bond acceptors (Lipinski definition) is 6. The Morgan fingerprint density at radius 1 is 1.44 bits per heavy atom. The summed E-state index contributed by atoms with van der Waals surface area (Å²) < 4.78 is 20.3. The summed E-state index contributed by atoms with van der Waals surface area (Å²) in [5, 5.41) is 6.46. The fraction of sp³-hybridized carbons (Fsp3) is 0.133. The van der Waals surface area contributed by atoms with E-state index in [1.54, 1.807) is 0 Å². The maximum atomic E-state index is 13.7. The molecule has 3 aromatic rings. The molecule has 0 spiro atoms. The number of nitrogens with two attached hydrogens (primary N) is 1. The number of hydrogen-bond donors (Lipinski definition) is 2. The van der Waals surface area contributed by atoms with Gasteiger partial charge in [-0.2, -0.15) is 5.10 Å². The van der Waals surface area contributed by atoms with Crippen LogP contribution in [0.25, 0.3) is 11.5 Å². The van der Waals surface area contributed by atoms with Crippen LogP contribution in [-0.4, -0.2) is 31.6 Å². The number of carbonyl (C=O) groups is 2. The largest absolute Gasteiger partial charge is 0.444 e. The van der Waals surface area contributed by atoms with Crippen LogP contribution in [0, 0.1) is 5.82 Å². The molecule has 0 saturated heterocycles. The minimum Gasteiger partial charge on any atom is -0.444 e. The van der Waals surface area contributed by atoms with Crippen molar-refractivity contribution in [3.8, 4) is 11.5 Å². The maximum Gasteiger partial charge on any atom is 0.277 e. The highest BCUT2D eigenvalue weighted by Gasteiger charge is 2.20. The fourth-order valence-electron chi connectivity index (χ4n) is 2.09. The van der Waals surface area contributed by atoms with Gasteiger partial charge in [-0.25, -0.2) is 9.37 Å². The number of pyridine rings is 1. The number of carbonyl (C=O) groups excluding carboxylic acids is 2. The highest BCUT2D eigenvalue weighted by Crippen LogP contribution is 2.22. The molecule has 0 atom stereocenters. The number of nitrogens with one attached hydrogen (secondary N) is 1. The first kappa shape index (κ1) is 16.3. The molecule has 0 unspecified atom stereocenters. The van der Waals surface area contributed by atoms with Crippen LogP contribution < -0.4 is 11.1 Å². The molecular weight excluding hydrogens is 331 g/mol. The van der Waals surface area contributed by atoms with Gasteiger partial charge in [-0.15, -0.1) is 0 Å². The molecule has 3 heterocycles. The third-order valence-electron chi connectivity index (χ3n) is 3.31. The van der Waals surface area contributed by atoms with Crippen molar-refractivity contribution in [3.63, 3.8) is 0 Å². The van der Waals surface area contributed by atoms with Crippen LogP contribution in [-0.2, 0) is 6.54 Å².